The molecule has 0 bridgehead atoms. The molecule has 0 radical (unpaired) electrons. The van der Waals surface area contributed by atoms with E-state index in [1.54, 1.807) is 4.90 Å². The zero-order valence-corrected chi connectivity index (χ0v) is 17.4. The van der Waals surface area contributed by atoms with Crippen LogP contribution in [0.15, 0.2) is 24.3 Å². The quantitative estimate of drug-likeness (QED) is 0.618. The van der Waals surface area contributed by atoms with Crippen molar-refractivity contribution in [2.24, 2.45) is 5.41 Å². The molecule has 1 saturated carbocycles. The van der Waals surface area contributed by atoms with Gasteiger partial charge in [-0.1, -0.05) is 0 Å². The molecule has 1 N–H and O–H groups in total. The van der Waals surface area contributed by atoms with E-state index in [1.165, 1.54) is 24.3 Å². The van der Waals surface area contributed by atoms with Gasteiger partial charge in [0.15, 0.2) is 6.10 Å². The van der Waals surface area contributed by atoms with E-state index >= 15 is 0 Å². The number of benzene rings is 1. The second kappa shape index (κ2) is 8.74. The molecule has 0 aromatic heterocycles. The third-order valence-electron chi connectivity index (χ3n) is 6.21. The van der Waals surface area contributed by atoms with Gasteiger partial charge in [-0.15, -0.1) is 0 Å². The Kier molecular flexibility index (Phi) is 6.72. The topological polar surface area (TPSA) is 59.0 Å². The zero-order valence-electron chi connectivity index (χ0n) is 17.4. The number of aliphatic hydroxyl groups is 1. The van der Waals surface area contributed by atoms with Crippen LogP contribution < -0.4 is 9.64 Å². The monoisotopic (exact) mass is 469 g/mol. The summed E-state index contributed by atoms with van der Waals surface area (Å²) < 4.78 is 84.2. The van der Waals surface area contributed by atoms with Gasteiger partial charge in [-0.25, -0.2) is 0 Å². The summed E-state index contributed by atoms with van der Waals surface area (Å²) in [5.41, 5.74) is -1.59. The number of nitrogens with zero attached hydrogens (tertiary/aromatic N) is 1. The van der Waals surface area contributed by atoms with Crippen LogP contribution in [0.1, 0.15) is 39.0 Å². The lowest BCUT2D eigenvalue weighted by atomic mass is 9.68. The number of hydrogen-bond acceptors (Lipinski definition) is 4. The number of amides is 1. The maximum Gasteiger partial charge on any atom is 0.425 e. The maximum atomic E-state index is 13.1. The predicted molar refractivity (Wildman–Crippen MR) is 102 cm³/mol. The molecule has 2 fully saturated rings. The predicted octanol–water partition coefficient (Wildman–Crippen LogP) is 4.62. The number of hydrogen-bond donors (Lipinski definition) is 1. The number of carbonyl (C=O) groups excluding carboxylic acids is 1. The zero-order chi connectivity index (χ0) is 23.8. The number of carbonyl (C=O) groups is 1. The molecular formula is C21H25F6NO4. The van der Waals surface area contributed by atoms with Crippen molar-refractivity contribution in [2.45, 2.75) is 63.1 Å². The molecule has 1 saturated heterocycles. The van der Waals surface area contributed by atoms with Crippen LogP contribution >= 0.6 is 0 Å². The number of alkyl halides is 6. The molecule has 11 heteroatoms. The Bertz CT molecular complexity index is 800. The summed E-state index contributed by atoms with van der Waals surface area (Å²) in [4.78, 5) is 14.7. The summed E-state index contributed by atoms with van der Waals surface area (Å²) in [6.45, 7) is -0.575. The van der Waals surface area contributed by atoms with Crippen molar-refractivity contribution in [1.82, 2.24) is 0 Å². The van der Waals surface area contributed by atoms with Gasteiger partial charge in [0.25, 0.3) is 0 Å². The molecule has 5 nitrogen and oxygen atoms in total. The fraction of sp³-hybridized carbons (Fsp3) is 0.667. The first kappa shape index (κ1) is 24.6. The van der Waals surface area contributed by atoms with Crippen molar-refractivity contribution in [2.75, 3.05) is 24.7 Å². The van der Waals surface area contributed by atoms with Crippen molar-refractivity contribution in [3.05, 3.63) is 24.3 Å². The SMILES string of the molecule is C[C@@H](Oc1ccc(N2CC[C@]3(CC[C@@](O)(COCC(F)(F)F)CC3)C2=O)cc1)C(F)(F)F. The van der Waals surface area contributed by atoms with E-state index in [2.05, 4.69) is 4.74 Å². The van der Waals surface area contributed by atoms with Gasteiger partial charge in [0, 0.05) is 12.2 Å². The Hall–Kier alpha value is -2.01. The van der Waals surface area contributed by atoms with Gasteiger partial charge in [-0.3, -0.25) is 4.79 Å². The molecule has 180 valence electrons. The van der Waals surface area contributed by atoms with Crippen LogP contribution in [0.2, 0.25) is 0 Å². The second-order valence-electron chi connectivity index (χ2n) is 8.62. The van der Waals surface area contributed by atoms with Crippen LogP contribution in [0, 0.1) is 5.41 Å². The van der Waals surface area contributed by atoms with E-state index in [0.29, 0.717) is 31.5 Å². The standard InChI is InChI=1S/C21H25F6NO4/c1-14(21(25,26)27)32-16-4-2-15(3-5-16)28-11-10-18(17(28)29)6-8-19(30,9-7-18)12-31-13-20(22,23)24/h2-5,14,30H,6-13H2,1H3/t14-,18-,19+/m1/s1. The first-order valence-corrected chi connectivity index (χ1v) is 10.3. The van der Waals surface area contributed by atoms with Crippen molar-refractivity contribution < 1.29 is 45.7 Å². The third-order valence-corrected chi connectivity index (χ3v) is 6.21. The number of halogens is 6. The highest BCUT2D eigenvalue weighted by atomic mass is 19.4. The van der Waals surface area contributed by atoms with Gasteiger partial charge in [0.2, 0.25) is 5.91 Å². The number of ether oxygens (including phenoxy) is 2. The number of rotatable bonds is 6. The molecule has 0 unspecified atom stereocenters. The highest BCUT2D eigenvalue weighted by molar-refractivity contribution is 6.00. The molecule has 1 aliphatic heterocycles. The maximum absolute atomic E-state index is 13.1. The molecular weight excluding hydrogens is 444 g/mol. The van der Waals surface area contributed by atoms with E-state index in [-0.39, 0.29) is 24.5 Å². The van der Waals surface area contributed by atoms with Crippen LogP contribution in [0.4, 0.5) is 32.0 Å². The fourth-order valence-corrected chi connectivity index (χ4v) is 4.20. The number of anilines is 1. The highest BCUT2D eigenvalue weighted by Crippen LogP contribution is 2.48. The van der Waals surface area contributed by atoms with E-state index in [0.717, 1.165) is 6.92 Å². The normalized spacial score (nSPS) is 27.8. The summed E-state index contributed by atoms with van der Waals surface area (Å²) in [6, 6.07) is 5.76. The minimum atomic E-state index is -4.49. The van der Waals surface area contributed by atoms with Gasteiger partial charge in [0.05, 0.1) is 17.6 Å². The Balaban J connectivity index is 1.58. The smallest absolute Gasteiger partial charge is 0.425 e. The molecule has 2 aliphatic rings. The minimum absolute atomic E-state index is 0.0292. The Morgan fingerprint density at radius 1 is 1.03 bits per heavy atom. The van der Waals surface area contributed by atoms with Gasteiger partial charge in [0.1, 0.15) is 12.4 Å². The molecule has 1 spiro atoms. The Morgan fingerprint density at radius 2 is 1.62 bits per heavy atom. The van der Waals surface area contributed by atoms with Gasteiger partial charge in [-0.2, -0.15) is 26.3 Å². The van der Waals surface area contributed by atoms with E-state index < -0.39 is 42.7 Å². The second-order valence-corrected chi connectivity index (χ2v) is 8.62. The van der Waals surface area contributed by atoms with E-state index in [9.17, 15) is 36.2 Å². The van der Waals surface area contributed by atoms with Crippen LogP contribution in [0.25, 0.3) is 0 Å². The van der Waals surface area contributed by atoms with Crippen molar-refractivity contribution in [3.8, 4) is 5.75 Å². The molecule has 1 atom stereocenters. The lowest BCUT2D eigenvalue weighted by Gasteiger charge is -2.40. The molecule has 1 amide bonds. The van der Waals surface area contributed by atoms with Crippen molar-refractivity contribution in [1.29, 1.82) is 0 Å². The molecule has 1 aromatic rings. The van der Waals surface area contributed by atoms with E-state index in [4.69, 9.17) is 4.74 Å². The first-order chi connectivity index (χ1) is 14.7. The summed E-state index contributed by atoms with van der Waals surface area (Å²) in [5.74, 6) is -0.130. The fourth-order valence-electron chi connectivity index (χ4n) is 4.20. The third kappa shape index (κ3) is 5.67. The highest BCUT2D eigenvalue weighted by Gasteiger charge is 2.51. The van der Waals surface area contributed by atoms with Crippen molar-refractivity contribution >= 4 is 11.6 Å². The van der Waals surface area contributed by atoms with Crippen LogP contribution in [-0.2, 0) is 9.53 Å². The van der Waals surface area contributed by atoms with Crippen LogP contribution in [0.3, 0.4) is 0 Å². The van der Waals surface area contributed by atoms with Crippen LogP contribution in [0.5, 0.6) is 5.75 Å². The summed E-state index contributed by atoms with van der Waals surface area (Å²) >= 11 is 0. The van der Waals surface area contributed by atoms with Gasteiger partial charge in [-0.05, 0) is 63.3 Å². The van der Waals surface area contributed by atoms with Gasteiger partial charge < -0.3 is 19.5 Å². The summed E-state index contributed by atoms with van der Waals surface area (Å²) in [6.07, 6.45) is -9.48. The average molecular weight is 469 g/mol. The van der Waals surface area contributed by atoms with Crippen molar-refractivity contribution in [3.63, 3.8) is 0 Å². The summed E-state index contributed by atoms with van der Waals surface area (Å²) in [7, 11) is 0. The molecule has 1 aliphatic carbocycles. The van der Waals surface area contributed by atoms with Gasteiger partial charge >= 0.3 is 12.4 Å². The Morgan fingerprint density at radius 3 is 2.16 bits per heavy atom. The Labute approximate surface area is 181 Å². The molecule has 1 heterocycles. The largest absolute Gasteiger partial charge is 0.481 e. The summed E-state index contributed by atoms with van der Waals surface area (Å²) in [5, 5.41) is 10.5. The van der Waals surface area contributed by atoms with E-state index in [1.807, 2.05) is 0 Å². The lowest BCUT2D eigenvalue weighted by molar-refractivity contribution is -0.191. The molecule has 3 rings (SSSR count). The lowest BCUT2D eigenvalue weighted by Crippen LogP contribution is -2.46. The molecule has 32 heavy (non-hydrogen) atoms. The first-order valence-electron chi connectivity index (χ1n) is 10.3. The van der Waals surface area contributed by atoms with Crippen LogP contribution in [-0.4, -0.2) is 54.8 Å². The average Bonchev–Trinajstić information content (AvgIpc) is 3.00. The molecule has 1 aromatic carbocycles. The minimum Gasteiger partial charge on any atom is -0.481 e.